The van der Waals surface area contributed by atoms with Crippen LogP contribution >= 0.6 is 23.2 Å². The van der Waals surface area contributed by atoms with Crippen LogP contribution in [-0.2, 0) is 13.0 Å². The van der Waals surface area contributed by atoms with Crippen LogP contribution in [0.3, 0.4) is 0 Å². The molecule has 2 rings (SSSR count). The van der Waals surface area contributed by atoms with Crippen molar-refractivity contribution in [3.05, 3.63) is 69.2 Å². The van der Waals surface area contributed by atoms with Gasteiger partial charge in [0.05, 0.1) is 0 Å². The molecule has 0 heterocycles. The molecule has 1 amide bonds. The van der Waals surface area contributed by atoms with E-state index in [-0.39, 0.29) is 0 Å². The number of primary amides is 1. The zero-order chi connectivity index (χ0) is 18.9. The zero-order valence-corrected chi connectivity index (χ0v) is 16.1. The number of halogens is 2. The number of benzene rings is 2. The molecule has 7 heteroatoms. The molecule has 0 aliphatic carbocycles. The first-order chi connectivity index (χ1) is 12.5. The summed E-state index contributed by atoms with van der Waals surface area (Å²) in [5, 5.41) is 7.80. The maximum absolute atomic E-state index is 11.2. The molecule has 5 nitrogen and oxygen atoms in total. The lowest BCUT2D eigenvalue weighted by molar-refractivity contribution is 0.1000. The van der Waals surface area contributed by atoms with Gasteiger partial charge in [0.1, 0.15) is 0 Å². The second-order valence-electron chi connectivity index (χ2n) is 5.76. The molecule has 0 atom stereocenters. The Bertz CT molecular complexity index is 793. The minimum atomic E-state index is -0.435. The molecule has 2 aromatic carbocycles. The highest BCUT2D eigenvalue weighted by molar-refractivity contribution is 6.35. The Morgan fingerprint density at radius 2 is 1.96 bits per heavy atom. The summed E-state index contributed by atoms with van der Waals surface area (Å²) < 4.78 is 0. The lowest BCUT2D eigenvalue weighted by Gasteiger charge is -2.12. The maximum Gasteiger partial charge on any atom is 0.248 e. The molecule has 0 aromatic heterocycles. The van der Waals surface area contributed by atoms with Crippen molar-refractivity contribution in [1.29, 1.82) is 0 Å². The fraction of sp³-hybridized carbons (Fsp3) is 0.263. The first kappa shape index (κ1) is 20.1. The van der Waals surface area contributed by atoms with Gasteiger partial charge in [-0.2, -0.15) is 0 Å². The molecule has 0 fully saturated rings. The number of hydrogen-bond acceptors (Lipinski definition) is 2. The quantitative estimate of drug-likeness (QED) is 0.383. The molecular formula is C19H22Cl2N4O. The van der Waals surface area contributed by atoms with Crippen molar-refractivity contribution in [2.24, 2.45) is 10.7 Å². The van der Waals surface area contributed by atoms with Crippen molar-refractivity contribution in [2.75, 3.05) is 13.6 Å². The molecular weight excluding hydrogens is 371 g/mol. The molecule has 0 aliphatic rings. The molecule has 0 aliphatic heterocycles. The van der Waals surface area contributed by atoms with Gasteiger partial charge in [0.25, 0.3) is 0 Å². The third-order valence-electron chi connectivity index (χ3n) is 3.83. The number of rotatable bonds is 7. The van der Waals surface area contributed by atoms with E-state index >= 15 is 0 Å². The Labute approximate surface area is 163 Å². The van der Waals surface area contributed by atoms with Crippen molar-refractivity contribution in [3.8, 4) is 0 Å². The summed E-state index contributed by atoms with van der Waals surface area (Å²) in [5.74, 6) is 0.256. The van der Waals surface area contributed by atoms with Crippen LogP contribution in [0.5, 0.6) is 0 Å². The van der Waals surface area contributed by atoms with E-state index in [4.69, 9.17) is 28.9 Å². The Kier molecular flexibility index (Phi) is 7.75. The Hall–Kier alpha value is -2.24. The van der Waals surface area contributed by atoms with Crippen LogP contribution < -0.4 is 16.4 Å². The number of amides is 1. The van der Waals surface area contributed by atoms with E-state index in [1.54, 1.807) is 25.2 Å². The number of aryl methyl sites for hydroxylation is 1. The van der Waals surface area contributed by atoms with Gasteiger partial charge in [-0.05, 0) is 48.2 Å². The number of nitrogens with one attached hydrogen (secondary N) is 2. The fourth-order valence-corrected chi connectivity index (χ4v) is 2.95. The SMILES string of the molecule is CN=C(NCCCc1ccc(Cl)cc1Cl)NCc1cccc(C(N)=O)c1. The molecule has 138 valence electrons. The highest BCUT2D eigenvalue weighted by Crippen LogP contribution is 2.21. The van der Waals surface area contributed by atoms with Crippen LogP contribution in [0.2, 0.25) is 10.0 Å². The van der Waals surface area contributed by atoms with E-state index in [0.29, 0.717) is 28.1 Å². The number of guanidine groups is 1. The Morgan fingerprint density at radius 1 is 1.15 bits per heavy atom. The third-order valence-corrected chi connectivity index (χ3v) is 4.41. The third kappa shape index (κ3) is 6.24. The number of nitrogens with two attached hydrogens (primary N) is 1. The van der Waals surface area contributed by atoms with Crippen molar-refractivity contribution < 1.29 is 4.79 Å². The molecule has 0 spiro atoms. The molecule has 0 saturated carbocycles. The van der Waals surface area contributed by atoms with E-state index in [1.807, 2.05) is 24.3 Å². The summed E-state index contributed by atoms with van der Waals surface area (Å²) >= 11 is 12.1. The molecule has 2 aromatic rings. The van der Waals surface area contributed by atoms with Gasteiger partial charge in [-0.25, -0.2) is 0 Å². The minimum Gasteiger partial charge on any atom is -0.366 e. The van der Waals surface area contributed by atoms with Crippen molar-refractivity contribution in [2.45, 2.75) is 19.4 Å². The first-order valence-electron chi connectivity index (χ1n) is 8.27. The number of aliphatic imine (C=N–C) groups is 1. The van der Waals surface area contributed by atoms with Crippen LogP contribution in [-0.4, -0.2) is 25.5 Å². The standard InChI is InChI=1S/C19H22Cl2N4O/c1-23-19(25-12-13-4-2-5-15(10-13)18(22)26)24-9-3-6-14-7-8-16(20)11-17(14)21/h2,4-5,7-8,10-11H,3,6,9,12H2,1H3,(H2,22,26)(H2,23,24,25). The smallest absolute Gasteiger partial charge is 0.248 e. The van der Waals surface area contributed by atoms with Gasteiger partial charge in [-0.1, -0.05) is 41.4 Å². The highest BCUT2D eigenvalue weighted by Gasteiger charge is 2.04. The summed E-state index contributed by atoms with van der Waals surface area (Å²) in [6, 6.07) is 12.7. The largest absolute Gasteiger partial charge is 0.366 e. The van der Waals surface area contributed by atoms with Crippen molar-refractivity contribution in [3.63, 3.8) is 0 Å². The van der Waals surface area contributed by atoms with Crippen LogP contribution in [0.4, 0.5) is 0 Å². The Morgan fingerprint density at radius 3 is 2.65 bits per heavy atom. The molecule has 26 heavy (non-hydrogen) atoms. The lowest BCUT2D eigenvalue weighted by atomic mass is 10.1. The van der Waals surface area contributed by atoms with E-state index in [9.17, 15) is 4.79 Å². The monoisotopic (exact) mass is 392 g/mol. The van der Waals surface area contributed by atoms with Crippen molar-refractivity contribution >= 4 is 35.1 Å². The molecule has 4 N–H and O–H groups in total. The molecule has 0 unspecified atom stereocenters. The van der Waals surface area contributed by atoms with Gasteiger partial charge in [-0.15, -0.1) is 0 Å². The van der Waals surface area contributed by atoms with Gasteiger partial charge < -0.3 is 16.4 Å². The average molecular weight is 393 g/mol. The fourth-order valence-electron chi connectivity index (χ4n) is 2.45. The number of hydrogen-bond donors (Lipinski definition) is 3. The minimum absolute atomic E-state index is 0.435. The van der Waals surface area contributed by atoms with Gasteiger partial charge in [0.15, 0.2) is 5.96 Å². The average Bonchev–Trinajstić information content (AvgIpc) is 2.62. The topological polar surface area (TPSA) is 79.5 Å². The van der Waals surface area contributed by atoms with Crippen LogP contribution in [0.15, 0.2) is 47.5 Å². The zero-order valence-electron chi connectivity index (χ0n) is 14.6. The van der Waals surface area contributed by atoms with Crippen LogP contribution in [0.25, 0.3) is 0 Å². The van der Waals surface area contributed by atoms with Crippen LogP contribution in [0, 0.1) is 0 Å². The number of carbonyl (C=O) groups is 1. The summed E-state index contributed by atoms with van der Waals surface area (Å²) in [6.07, 6.45) is 1.75. The highest BCUT2D eigenvalue weighted by atomic mass is 35.5. The molecule has 0 bridgehead atoms. The maximum atomic E-state index is 11.2. The second kappa shape index (κ2) is 10.0. The summed E-state index contributed by atoms with van der Waals surface area (Å²) in [6.45, 7) is 1.30. The summed E-state index contributed by atoms with van der Waals surface area (Å²) in [5.41, 5.74) is 7.82. The first-order valence-corrected chi connectivity index (χ1v) is 9.02. The van der Waals surface area contributed by atoms with Gasteiger partial charge >= 0.3 is 0 Å². The van der Waals surface area contributed by atoms with Gasteiger partial charge in [0, 0.05) is 35.7 Å². The summed E-state index contributed by atoms with van der Waals surface area (Å²) in [4.78, 5) is 15.4. The summed E-state index contributed by atoms with van der Waals surface area (Å²) in [7, 11) is 1.71. The molecule has 0 radical (unpaired) electrons. The molecule has 0 saturated heterocycles. The van der Waals surface area contributed by atoms with E-state index in [2.05, 4.69) is 15.6 Å². The lowest BCUT2D eigenvalue weighted by Crippen LogP contribution is -2.37. The van der Waals surface area contributed by atoms with Gasteiger partial charge in [-0.3, -0.25) is 9.79 Å². The van der Waals surface area contributed by atoms with E-state index in [0.717, 1.165) is 30.5 Å². The van der Waals surface area contributed by atoms with E-state index < -0.39 is 5.91 Å². The Balaban J connectivity index is 1.77. The van der Waals surface area contributed by atoms with E-state index in [1.165, 1.54) is 0 Å². The van der Waals surface area contributed by atoms with Crippen LogP contribution in [0.1, 0.15) is 27.9 Å². The predicted molar refractivity (Wildman–Crippen MR) is 108 cm³/mol. The normalized spacial score (nSPS) is 11.3. The second-order valence-corrected chi connectivity index (χ2v) is 6.60. The number of carbonyl (C=O) groups excluding carboxylic acids is 1. The van der Waals surface area contributed by atoms with Crippen molar-refractivity contribution in [1.82, 2.24) is 10.6 Å². The van der Waals surface area contributed by atoms with Gasteiger partial charge in [0.2, 0.25) is 5.91 Å². The number of nitrogens with zero attached hydrogens (tertiary/aromatic N) is 1. The predicted octanol–water partition coefficient (Wildman–Crippen LogP) is 3.39.